The molecule has 0 bridgehead atoms. The van der Waals surface area contributed by atoms with Crippen LogP contribution in [0, 0.1) is 40.4 Å². The molecular weight excluding hydrogens is 306 g/mol. The number of Topliss-reactive ketones (excluding diaryl/α,β-unsaturated/α-hetero) is 1. The molecule has 4 rings (SSSR count). The van der Waals surface area contributed by atoms with Crippen LogP contribution in [0.5, 0.6) is 0 Å². The van der Waals surface area contributed by atoms with E-state index in [2.05, 4.69) is 26.0 Å². The molecule has 140 valence electrons. The van der Waals surface area contributed by atoms with Crippen molar-refractivity contribution in [1.82, 2.24) is 0 Å². The second-order valence-electron chi connectivity index (χ2n) is 10.1. The van der Waals surface area contributed by atoms with Crippen molar-refractivity contribution >= 4 is 5.78 Å². The Hall–Kier alpha value is -0.630. The molecule has 0 radical (unpaired) electrons. The number of carbonyl (C=O) groups is 1. The molecule has 0 aromatic heterocycles. The molecule has 2 N–H and O–H groups in total. The Labute approximate surface area is 154 Å². The summed E-state index contributed by atoms with van der Waals surface area (Å²) in [6, 6.07) is 0. The van der Waals surface area contributed by atoms with Gasteiger partial charge in [0.15, 0.2) is 0 Å². The van der Waals surface area contributed by atoms with E-state index >= 15 is 0 Å². The molecule has 2 nitrogen and oxygen atoms in total. The van der Waals surface area contributed by atoms with Crippen LogP contribution in [0.2, 0.25) is 0 Å². The van der Waals surface area contributed by atoms with E-state index in [-0.39, 0.29) is 5.41 Å². The van der Waals surface area contributed by atoms with E-state index in [0.29, 0.717) is 17.1 Å². The Kier molecular flexibility index (Phi) is 4.63. The highest BCUT2D eigenvalue weighted by Crippen LogP contribution is 2.65. The summed E-state index contributed by atoms with van der Waals surface area (Å²) in [6.45, 7) is 5.69. The predicted octanol–water partition coefficient (Wildman–Crippen LogP) is 5.12. The Morgan fingerprint density at radius 1 is 1.08 bits per heavy atom. The van der Waals surface area contributed by atoms with Gasteiger partial charge in [-0.3, -0.25) is 4.79 Å². The Bertz CT molecular complexity index is 554. The van der Waals surface area contributed by atoms with Gasteiger partial charge < -0.3 is 5.73 Å². The molecule has 4 aliphatic carbocycles. The molecule has 0 aromatic rings. The highest BCUT2D eigenvalue weighted by atomic mass is 16.1. The molecule has 0 aliphatic heterocycles. The van der Waals surface area contributed by atoms with Crippen molar-refractivity contribution in [3.05, 3.63) is 12.2 Å². The minimum absolute atomic E-state index is 0.0343. The standard InChI is InChI=1S/C23H37NO/c1-22-12-10-16(5-3-4-14-24)15-17(22)6-7-18-19-8-9-21(25)23(19,2)13-11-20(18)22/h3,5,16-20H,4,6-15,24H2,1-2H3/b5-3+/t16-,17?,18?,19?,20?,22-,23-/m0/s1. The molecule has 7 atom stereocenters. The monoisotopic (exact) mass is 343 g/mol. The van der Waals surface area contributed by atoms with E-state index in [9.17, 15) is 4.79 Å². The molecule has 0 saturated heterocycles. The average Bonchev–Trinajstić information content (AvgIpc) is 2.90. The lowest BCUT2D eigenvalue weighted by molar-refractivity contribution is -0.139. The fourth-order valence-electron chi connectivity index (χ4n) is 7.62. The fraction of sp³-hybridized carbons (Fsp3) is 0.870. The van der Waals surface area contributed by atoms with Gasteiger partial charge in [0.25, 0.3) is 0 Å². The smallest absolute Gasteiger partial charge is 0.139 e. The molecule has 0 spiro atoms. The lowest BCUT2D eigenvalue weighted by atomic mass is 9.44. The van der Waals surface area contributed by atoms with Crippen LogP contribution in [0.3, 0.4) is 0 Å². The number of carbonyl (C=O) groups excluding carboxylic acids is 1. The average molecular weight is 344 g/mol. The third-order valence-corrected chi connectivity index (χ3v) is 9.16. The third-order valence-electron chi connectivity index (χ3n) is 9.16. The maximum absolute atomic E-state index is 12.5. The van der Waals surface area contributed by atoms with Crippen molar-refractivity contribution in [2.45, 2.75) is 78.1 Å². The van der Waals surface area contributed by atoms with Crippen molar-refractivity contribution in [3.63, 3.8) is 0 Å². The number of hydrogen-bond acceptors (Lipinski definition) is 2. The molecule has 4 aliphatic rings. The lowest BCUT2D eigenvalue weighted by Gasteiger charge is -2.60. The molecule has 4 fully saturated rings. The van der Waals surface area contributed by atoms with E-state index in [1.54, 1.807) is 0 Å². The first-order valence-corrected chi connectivity index (χ1v) is 10.9. The summed E-state index contributed by atoms with van der Waals surface area (Å²) in [4.78, 5) is 12.5. The van der Waals surface area contributed by atoms with Crippen LogP contribution in [0.1, 0.15) is 78.1 Å². The molecule has 0 aromatic carbocycles. The SMILES string of the molecule is C[C@]12CC[C@H](/C=C/CCN)CC1CCC1C2CC[C@]2(C)C(=O)CCC12. The van der Waals surface area contributed by atoms with Gasteiger partial charge in [-0.1, -0.05) is 26.0 Å². The zero-order valence-electron chi connectivity index (χ0n) is 16.3. The quantitative estimate of drug-likeness (QED) is 0.723. The summed E-state index contributed by atoms with van der Waals surface area (Å²) in [5.41, 5.74) is 6.20. The summed E-state index contributed by atoms with van der Waals surface area (Å²) in [6.07, 6.45) is 17.3. The highest BCUT2D eigenvalue weighted by Gasteiger charge is 2.59. The van der Waals surface area contributed by atoms with Gasteiger partial charge >= 0.3 is 0 Å². The summed E-state index contributed by atoms with van der Waals surface area (Å²) < 4.78 is 0. The van der Waals surface area contributed by atoms with Crippen LogP contribution in [0.4, 0.5) is 0 Å². The molecule has 0 amide bonds. The fourth-order valence-corrected chi connectivity index (χ4v) is 7.62. The summed E-state index contributed by atoms with van der Waals surface area (Å²) in [7, 11) is 0. The van der Waals surface area contributed by atoms with Gasteiger partial charge in [0.05, 0.1) is 0 Å². The largest absolute Gasteiger partial charge is 0.330 e. The Balaban J connectivity index is 1.50. The van der Waals surface area contributed by atoms with Crippen molar-refractivity contribution in [2.75, 3.05) is 6.54 Å². The van der Waals surface area contributed by atoms with Crippen molar-refractivity contribution < 1.29 is 4.79 Å². The number of rotatable bonds is 3. The molecular formula is C23H37NO. The second-order valence-corrected chi connectivity index (χ2v) is 10.1. The maximum Gasteiger partial charge on any atom is 0.139 e. The van der Waals surface area contributed by atoms with Crippen LogP contribution in [-0.4, -0.2) is 12.3 Å². The number of nitrogens with two attached hydrogens (primary N) is 1. The van der Waals surface area contributed by atoms with Gasteiger partial charge in [-0.15, -0.1) is 0 Å². The van der Waals surface area contributed by atoms with E-state index in [0.717, 1.165) is 43.1 Å². The van der Waals surface area contributed by atoms with E-state index < -0.39 is 0 Å². The van der Waals surface area contributed by atoms with Crippen LogP contribution >= 0.6 is 0 Å². The van der Waals surface area contributed by atoms with Gasteiger partial charge in [0.2, 0.25) is 0 Å². The topological polar surface area (TPSA) is 43.1 Å². The van der Waals surface area contributed by atoms with Gasteiger partial charge in [-0.2, -0.15) is 0 Å². The Morgan fingerprint density at radius 2 is 1.92 bits per heavy atom. The zero-order valence-corrected chi connectivity index (χ0v) is 16.3. The lowest BCUT2D eigenvalue weighted by Crippen LogP contribution is -2.53. The first-order valence-electron chi connectivity index (χ1n) is 10.9. The van der Waals surface area contributed by atoms with Gasteiger partial charge in [0.1, 0.15) is 5.78 Å². The van der Waals surface area contributed by atoms with Crippen molar-refractivity contribution in [3.8, 4) is 0 Å². The highest BCUT2D eigenvalue weighted by molar-refractivity contribution is 5.87. The second kappa shape index (κ2) is 6.51. The van der Waals surface area contributed by atoms with Gasteiger partial charge in [-0.25, -0.2) is 0 Å². The van der Waals surface area contributed by atoms with Crippen LogP contribution in [0.15, 0.2) is 12.2 Å². The minimum atomic E-state index is 0.0343. The molecule has 4 saturated carbocycles. The summed E-state index contributed by atoms with van der Waals surface area (Å²) in [5.74, 6) is 4.66. The van der Waals surface area contributed by atoms with Crippen molar-refractivity contribution in [2.24, 2.45) is 46.2 Å². The van der Waals surface area contributed by atoms with Gasteiger partial charge in [0, 0.05) is 11.8 Å². The Morgan fingerprint density at radius 3 is 2.72 bits per heavy atom. The number of hydrogen-bond donors (Lipinski definition) is 1. The molecule has 4 unspecified atom stereocenters. The minimum Gasteiger partial charge on any atom is -0.330 e. The summed E-state index contributed by atoms with van der Waals surface area (Å²) >= 11 is 0. The predicted molar refractivity (Wildman–Crippen MR) is 103 cm³/mol. The van der Waals surface area contributed by atoms with Crippen LogP contribution in [0.25, 0.3) is 0 Å². The first-order chi connectivity index (χ1) is 12.0. The maximum atomic E-state index is 12.5. The number of ketones is 1. The van der Waals surface area contributed by atoms with Crippen molar-refractivity contribution in [1.29, 1.82) is 0 Å². The van der Waals surface area contributed by atoms with Crippen LogP contribution in [-0.2, 0) is 4.79 Å². The third kappa shape index (κ3) is 2.74. The van der Waals surface area contributed by atoms with Gasteiger partial charge in [-0.05, 0) is 99.3 Å². The number of fused-ring (bicyclic) bond motifs is 5. The van der Waals surface area contributed by atoms with E-state index in [1.165, 1.54) is 51.4 Å². The zero-order chi connectivity index (χ0) is 17.7. The first kappa shape index (κ1) is 17.8. The molecule has 25 heavy (non-hydrogen) atoms. The van der Waals surface area contributed by atoms with E-state index in [4.69, 9.17) is 5.73 Å². The van der Waals surface area contributed by atoms with E-state index in [1.807, 2.05) is 0 Å². The molecule has 2 heteroatoms. The van der Waals surface area contributed by atoms with Crippen LogP contribution < -0.4 is 5.73 Å². The molecule has 0 heterocycles. The normalized spacial score (nSPS) is 49.7. The number of allylic oxidation sites excluding steroid dienone is 1. The summed E-state index contributed by atoms with van der Waals surface area (Å²) in [5, 5.41) is 0.